The largest absolute Gasteiger partial charge is 0.0991 e. The molecule has 84 valence electrons. The molecule has 0 atom stereocenters. The van der Waals surface area contributed by atoms with Crippen molar-refractivity contribution >= 4 is 0 Å². The van der Waals surface area contributed by atoms with Gasteiger partial charge in [-0.1, -0.05) is 52.0 Å². The van der Waals surface area contributed by atoms with Gasteiger partial charge in [-0.25, -0.2) is 0 Å². The maximum atomic E-state index is 3.64. The number of allylic oxidation sites excluding steroid dienone is 5. The predicted molar refractivity (Wildman–Crippen MR) is 70.7 cm³/mol. The van der Waals surface area contributed by atoms with Crippen molar-refractivity contribution in [2.45, 2.75) is 55.4 Å². The zero-order valence-electron chi connectivity index (χ0n) is 11.4. The molecule has 0 aliphatic rings. The highest BCUT2D eigenvalue weighted by atomic mass is 14.0. The van der Waals surface area contributed by atoms with Crippen LogP contribution in [-0.2, 0) is 0 Å². The number of rotatable bonds is 2. The first-order valence-electron chi connectivity index (χ1n) is 5.53. The summed E-state index contributed by atoms with van der Waals surface area (Å²) in [6.45, 7) is 20.1. The molecular formula is C14H28. The highest BCUT2D eigenvalue weighted by molar-refractivity contribution is 5.32. The molecule has 0 spiro atoms. The van der Waals surface area contributed by atoms with Crippen LogP contribution >= 0.6 is 0 Å². The Hall–Kier alpha value is -0.780. The fourth-order valence-electron chi connectivity index (χ4n) is 0.696. The van der Waals surface area contributed by atoms with Gasteiger partial charge < -0.3 is 0 Å². The van der Waals surface area contributed by atoms with Crippen molar-refractivity contribution in [3.05, 3.63) is 35.5 Å². The fourth-order valence-corrected chi connectivity index (χ4v) is 0.696. The highest BCUT2D eigenvalue weighted by Gasteiger charge is 1.91. The summed E-state index contributed by atoms with van der Waals surface area (Å²) in [5, 5.41) is 0. The van der Waals surface area contributed by atoms with E-state index in [1.54, 1.807) is 0 Å². The maximum absolute atomic E-state index is 3.64. The standard InChI is InChI=1S/C10H16.2C2H6/c1-6-7-9(4)10(5)8(2)3;2*1-2/h6-7H,1H2,2-5H3;2*1-2H3/b9-7-;;. The van der Waals surface area contributed by atoms with Crippen LogP contribution in [-0.4, -0.2) is 0 Å². The summed E-state index contributed by atoms with van der Waals surface area (Å²) in [6.07, 6.45) is 3.85. The molecule has 0 bridgehead atoms. The zero-order valence-corrected chi connectivity index (χ0v) is 11.4. The second kappa shape index (κ2) is 14.7. The first-order valence-corrected chi connectivity index (χ1v) is 5.53. The lowest BCUT2D eigenvalue weighted by atomic mass is 10.1. The van der Waals surface area contributed by atoms with E-state index in [1.807, 2.05) is 39.8 Å². The molecule has 0 aliphatic carbocycles. The molecule has 0 fully saturated rings. The number of hydrogen-bond acceptors (Lipinski definition) is 0. The van der Waals surface area contributed by atoms with Crippen molar-refractivity contribution < 1.29 is 0 Å². The van der Waals surface area contributed by atoms with Crippen molar-refractivity contribution in [2.75, 3.05) is 0 Å². The lowest BCUT2D eigenvalue weighted by Gasteiger charge is -2.01. The Morgan fingerprint density at radius 2 is 1.21 bits per heavy atom. The summed E-state index contributed by atoms with van der Waals surface area (Å²) in [4.78, 5) is 0. The molecule has 0 heterocycles. The molecule has 14 heavy (non-hydrogen) atoms. The van der Waals surface area contributed by atoms with E-state index >= 15 is 0 Å². The van der Waals surface area contributed by atoms with Crippen LogP contribution in [0.4, 0.5) is 0 Å². The van der Waals surface area contributed by atoms with Gasteiger partial charge in [-0.15, -0.1) is 0 Å². The minimum absolute atomic E-state index is 1.30. The molecule has 0 saturated heterocycles. The van der Waals surface area contributed by atoms with E-state index < -0.39 is 0 Å². The summed E-state index contributed by atoms with van der Waals surface area (Å²) in [6, 6.07) is 0. The molecule has 0 N–H and O–H groups in total. The van der Waals surface area contributed by atoms with E-state index in [0.717, 1.165) is 0 Å². The number of hydrogen-bond donors (Lipinski definition) is 0. The monoisotopic (exact) mass is 196 g/mol. The Morgan fingerprint density at radius 1 is 0.857 bits per heavy atom. The molecule has 0 nitrogen and oxygen atoms in total. The Labute approximate surface area is 91.4 Å². The molecule has 0 unspecified atom stereocenters. The molecule has 0 rings (SSSR count). The average Bonchev–Trinajstić information content (AvgIpc) is 2.23. The Morgan fingerprint density at radius 3 is 1.43 bits per heavy atom. The van der Waals surface area contributed by atoms with Crippen molar-refractivity contribution in [1.82, 2.24) is 0 Å². The second-order valence-electron chi connectivity index (χ2n) is 2.71. The summed E-state index contributed by atoms with van der Waals surface area (Å²) in [5.74, 6) is 0. The summed E-state index contributed by atoms with van der Waals surface area (Å²) in [7, 11) is 0. The van der Waals surface area contributed by atoms with Gasteiger partial charge in [-0.3, -0.25) is 0 Å². The van der Waals surface area contributed by atoms with E-state index in [-0.39, 0.29) is 0 Å². The van der Waals surface area contributed by atoms with Crippen LogP contribution in [0.25, 0.3) is 0 Å². The predicted octanol–water partition coefficient (Wildman–Crippen LogP) is 5.53. The van der Waals surface area contributed by atoms with Crippen LogP contribution in [0.1, 0.15) is 55.4 Å². The van der Waals surface area contributed by atoms with E-state index in [2.05, 4.69) is 34.3 Å². The Balaban J connectivity index is -0.000000266. The molecule has 0 aromatic heterocycles. The maximum Gasteiger partial charge on any atom is -0.0395 e. The molecule has 0 aromatic rings. The topological polar surface area (TPSA) is 0 Å². The minimum Gasteiger partial charge on any atom is -0.0991 e. The van der Waals surface area contributed by atoms with Gasteiger partial charge in [0.05, 0.1) is 0 Å². The van der Waals surface area contributed by atoms with Gasteiger partial charge >= 0.3 is 0 Å². The first kappa shape index (κ1) is 18.9. The molecule has 0 amide bonds. The smallest absolute Gasteiger partial charge is 0.0395 e. The molecule has 0 aliphatic heterocycles. The molecule has 0 radical (unpaired) electrons. The van der Waals surface area contributed by atoms with Crippen molar-refractivity contribution in [2.24, 2.45) is 0 Å². The Bertz CT molecular complexity index is 176. The lowest BCUT2D eigenvalue weighted by molar-refractivity contribution is 1.23. The van der Waals surface area contributed by atoms with E-state index in [9.17, 15) is 0 Å². The lowest BCUT2D eigenvalue weighted by Crippen LogP contribution is -1.81. The van der Waals surface area contributed by atoms with Crippen LogP contribution in [0.5, 0.6) is 0 Å². The van der Waals surface area contributed by atoms with Crippen LogP contribution in [0.2, 0.25) is 0 Å². The van der Waals surface area contributed by atoms with Crippen molar-refractivity contribution in [3.63, 3.8) is 0 Å². The SMILES string of the molecule is C=C/C=C(/C)C(C)=C(C)C.CC.CC. The molecule has 0 saturated carbocycles. The van der Waals surface area contributed by atoms with Gasteiger partial charge in [-0.05, 0) is 38.8 Å². The van der Waals surface area contributed by atoms with Crippen molar-refractivity contribution in [1.29, 1.82) is 0 Å². The summed E-state index contributed by atoms with van der Waals surface area (Å²) >= 11 is 0. The molecule has 0 aromatic carbocycles. The van der Waals surface area contributed by atoms with Crippen LogP contribution < -0.4 is 0 Å². The average molecular weight is 196 g/mol. The van der Waals surface area contributed by atoms with Gasteiger partial charge in [0.1, 0.15) is 0 Å². The third kappa shape index (κ3) is 11.2. The third-order valence-electron chi connectivity index (χ3n) is 1.71. The first-order chi connectivity index (χ1) is 6.59. The van der Waals surface area contributed by atoms with Crippen LogP contribution in [0.3, 0.4) is 0 Å². The van der Waals surface area contributed by atoms with E-state index in [1.165, 1.54) is 16.7 Å². The molecular weight excluding hydrogens is 168 g/mol. The van der Waals surface area contributed by atoms with Crippen LogP contribution in [0, 0.1) is 0 Å². The summed E-state index contributed by atoms with van der Waals surface area (Å²) in [5.41, 5.74) is 4.03. The van der Waals surface area contributed by atoms with Crippen LogP contribution in [0.15, 0.2) is 35.5 Å². The second-order valence-corrected chi connectivity index (χ2v) is 2.71. The molecule has 0 heteroatoms. The fraction of sp³-hybridized carbons (Fsp3) is 0.571. The third-order valence-corrected chi connectivity index (χ3v) is 1.71. The van der Waals surface area contributed by atoms with E-state index in [0.29, 0.717) is 0 Å². The van der Waals surface area contributed by atoms with Gasteiger partial charge in [-0.2, -0.15) is 0 Å². The van der Waals surface area contributed by atoms with Gasteiger partial charge in [0.2, 0.25) is 0 Å². The highest BCUT2D eigenvalue weighted by Crippen LogP contribution is 2.12. The van der Waals surface area contributed by atoms with Gasteiger partial charge in [0, 0.05) is 0 Å². The normalized spacial score (nSPS) is 8.71. The van der Waals surface area contributed by atoms with Gasteiger partial charge in [0.25, 0.3) is 0 Å². The zero-order chi connectivity index (χ0) is 12.1. The minimum atomic E-state index is 1.30. The van der Waals surface area contributed by atoms with Gasteiger partial charge in [0.15, 0.2) is 0 Å². The quantitative estimate of drug-likeness (QED) is 0.510. The Kier molecular flexibility index (Phi) is 19.9. The summed E-state index contributed by atoms with van der Waals surface area (Å²) < 4.78 is 0. The van der Waals surface area contributed by atoms with E-state index in [4.69, 9.17) is 0 Å². The van der Waals surface area contributed by atoms with Crippen molar-refractivity contribution in [3.8, 4) is 0 Å².